The molecule has 0 radical (unpaired) electrons. The largest absolute Gasteiger partial charge is 0.423 e. The van der Waals surface area contributed by atoms with Gasteiger partial charge in [-0.1, -0.05) is 11.6 Å². The van der Waals surface area contributed by atoms with Crippen LogP contribution >= 0.6 is 11.6 Å². The zero-order valence-corrected chi connectivity index (χ0v) is 10.4. The quantitative estimate of drug-likeness (QED) is 0.889. The summed E-state index contributed by atoms with van der Waals surface area (Å²) >= 11 is 5.92. The molecule has 0 saturated carbocycles. The van der Waals surface area contributed by atoms with E-state index < -0.39 is 0 Å². The number of fused-ring (bicyclic) bond motifs is 1. The number of nitrogens with one attached hydrogen (secondary N) is 1. The first-order valence-electron chi connectivity index (χ1n) is 5.74. The molecule has 1 atom stereocenters. The molecular formula is C12H14ClN3O. The third-order valence-electron chi connectivity index (χ3n) is 3.22. The summed E-state index contributed by atoms with van der Waals surface area (Å²) in [5.74, 6) is 0. The van der Waals surface area contributed by atoms with Crippen LogP contribution in [0.3, 0.4) is 0 Å². The van der Waals surface area contributed by atoms with E-state index in [1.165, 1.54) is 0 Å². The molecule has 2 heterocycles. The molecule has 1 saturated heterocycles. The Morgan fingerprint density at radius 3 is 3.18 bits per heavy atom. The molecule has 1 aromatic heterocycles. The lowest BCUT2D eigenvalue weighted by atomic mass is 10.2. The standard InChI is InChI=1S/C12H14ClN3O/c1-16(9-4-5-14-7-9)12-15-10-3-2-8(13)6-11(10)17-12/h2-3,6,9,14H,4-5,7H2,1H3/t9-/m1/s1. The highest BCUT2D eigenvalue weighted by Gasteiger charge is 2.22. The summed E-state index contributed by atoms with van der Waals surface area (Å²) in [6, 6.07) is 6.63. The van der Waals surface area contributed by atoms with Crippen molar-refractivity contribution in [1.29, 1.82) is 0 Å². The van der Waals surface area contributed by atoms with Gasteiger partial charge in [0.15, 0.2) is 5.58 Å². The number of rotatable bonds is 2. The van der Waals surface area contributed by atoms with Gasteiger partial charge in [-0.15, -0.1) is 0 Å². The predicted octanol–water partition coefficient (Wildman–Crippen LogP) is 2.28. The van der Waals surface area contributed by atoms with E-state index in [1.54, 1.807) is 6.07 Å². The Hall–Kier alpha value is -1.26. The minimum absolute atomic E-state index is 0.457. The molecule has 5 heteroatoms. The number of aromatic nitrogens is 1. The van der Waals surface area contributed by atoms with E-state index in [0.29, 0.717) is 17.1 Å². The van der Waals surface area contributed by atoms with Crippen molar-refractivity contribution in [3.63, 3.8) is 0 Å². The van der Waals surface area contributed by atoms with Crippen LogP contribution in [0.15, 0.2) is 22.6 Å². The van der Waals surface area contributed by atoms with Gasteiger partial charge in [0.2, 0.25) is 0 Å². The monoisotopic (exact) mass is 251 g/mol. The van der Waals surface area contributed by atoms with E-state index in [4.69, 9.17) is 16.0 Å². The van der Waals surface area contributed by atoms with E-state index in [0.717, 1.165) is 30.6 Å². The number of hydrogen-bond acceptors (Lipinski definition) is 4. The number of nitrogens with zero attached hydrogens (tertiary/aromatic N) is 2. The Bertz CT molecular complexity index is 534. The fraction of sp³-hybridized carbons (Fsp3) is 0.417. The maximum atomic E-state index is 5.92. The van der Waals surface area contributed by atoms with Crippen molar-refractivity contribution in [2.45, 2.75) is 12.5 Å². The van der Waals surface area contributed by atoms with Gasteiger partial charge in [-0.2, -0.15) is 4.98 Å². The summed E-state index contributed by atoms with van der Waals surface area (Å²) in [5.41, 5.74) is 1.59. The summed E-state index contributed by atoms with van der Waals surface area (Å²) < 4.78 is 5.73. The van der Waals surface area contributed by atoms with Crippen molar-refractivity contribution in [3.05, 3.63) is 23.2 Å². The molecule has 2 aromatic rings. The molecule has 90 valence electrons. The first-order chi connectivity index (χ1) is 8.24. The van der Waals surface area contributed by atoms with Crippen LogP contribution in [0.2, 0.25) is 5.02 Å². The van der Waals surface area contributed by atoms with Crippen molar-refractivity contribution in [1.82, 2.24) is 10.3 Å². The first-order valence-corrected chi connectivity index (χ1v) is 6.11. The smallest absolute Gasteiger partial charge is 0.298 e. The van der Waals surface area contributed by atoms with Crippen molar-refractivity contribution >= 4 is 28.7 Å². The molecule has 1 aromatic carbocycles. The van der Waals surface area contributed by atoms with Crippen molar-refractivity contribution < 1.29 is 4.42 Å². The van der Waals surface area contributed by atoms with Gasteiger partial charge in [0.05, 0.1) is 0 Å². The SMILES string of the molecule is CN(c1nc2ccc(Cl)cc2o1)[C@@H]1CCNC1. The lowest BCUT2D eigenvalue weighted by Crippen LogP contribution is -2.33. The molecule has 17 heavy (non-hydrogen) atoms. The van der Waals surface area contributed by atoms with Crippen LogP contribution in [0.1, 0.15) is 6.42 Å². The molecular weight excluding hydrogens is 238 g/mol. The Balaban J connectivity index is 1.94. The van der Waals surface area contributed by atoms with Crippen molar-refractivity contribution in [3.8, 4) is 0 Å². The van der Waals surface area contributed by atoms with Crippen molar-refractivity contribution in [2.24, 2.45) is 0 Å². The van der Waals surface area contributed by atoms with Gasteiger partial charge >= 0.3 is 0 Å². The predicted molar refractivity (Wildman–Crippen MR) is 68.7 cm³/mol. The Labute approximate surface area is 105 Å². The normalized spacial score (nSPS) is 20.0. The minimum Gasteiger partial charge on any atom is -0.423 e. The number of oxazole rings is 1. The topological polar surface area (TPSA) is 41.3 Å². The molecule has 4 nitrogen and oxygen atoms in total. The lowest BCUT2D eigenvalue weighted by molar-refractivity contribution is 0.548. The molecule has 1 aliphatic heterocycles. The van der Waals surface area contributed by atoms with Crippen LogP contribution in [-0.2, 0) is 0 Å². The van der Waals surface area contributed by atoms with E-state index in [-0.39, 0.29) is 0 Å². The summed E-state index contributed by atoms with van der Waals surface area (Å²) in [6.07, 6.45) is 1.12. The summed E-state index contributed by atoms with van der Waals surface area (Å²) in [4.78, 5) is 6.56. The van der Waals surface area contributed by atoms with Gasteiger partial charge in [0, 0.05) is 30.7 Å². The highest BCUT2D eigenvalue weighted by molar-refractivity contribution is 6.31. The highest BCUT2D eigenvalue weighted by atomic mass is 35.5. The second-order valence-corrected chi connectivity index (χ2v) is 4.80. The van der Waals surface area contributed by atoms with Crippen LogP contribution in [-0.4, -0.2) is 31.2 Å². The van der Waals surface area contributed by atoms with E-state index in [1.807, 2.05) is 19.2 Å². The Kier molecular flexibility index (Phi) is 2.68. The molecule has 1 aliphatic rings. The second-order valence-electron chi connectivity index (χ2n) is 4.37. The van der Waals surface area contributed by atoms with Gasteiger partial charge in [-0.25, -0.2) is 0 Å². The summed E-state index contributed by atoms with van der Waals surface area (Å²) in [7, 11) is 2.02. The van der Waals surface area contributed by atoms with E-state index in [9.17, 15) is 0 Å². The fourth-order valence-corrected chi connectivity index (χ4v) is 2.33. The van der Waals surface area contributed by atoms with Crippen LogP contribution < -0.4 is 10.2 Å². The zero-order chi connectivity index (χ0) is 11.8. The average molecular weight is 252 g/mol. The molecule has 0 aliphatic carbocycles. The Morgan fingerprint density at radius 2 is 2.41 bits per heavy atom. The van der Waals surface area contributed by atoms with Gasteiger partial charge in [-0.3, -0.25) is 0 Å². The van der Waals surface area contributed by atoms with Gasteiger partial charge in [0.25, 0.3) is 6.01 Å². The van der Waals surface area contributed by atoms with Crippen LogP contribution in [0.5, 0.6) is 0 Å². The molecule has 0 bridgehead atoms. The van der Waals surface area contributed by atoms with Crippen LogP contribution in [0.4, 0.5) is 6.01 Å². The molecule has 0 spiro atoms. The maximum absolute atomic E-state index is 5.92. The van der Waals surface area contributed by atoms with Crippen LogP contribution in [0, 0.1) is 0 Å². The molecule has 1 fully saturated rings. The fourth-order valence-electron chi connectivity index (χ4n) is 2.16. The number of halogens is 1. The number of likely N-dealkylation sites (N-methyl/N-ethyl adjacent to an activating group) is 1. The molecule has 3 rings (SSSR count). The highest BCUT2D eigenvalue weighted by Crippen LogP contribution is 2.25. The van der Waals surface area contributed by atoms with E-state index >= 15 is 0 Å². The zero-order valence-electron chi connectivity index (χ0n) is 9.61. The summed E-state index contributed by atoms with van der Waals surface area (Å²) in [5, 5.41) is 4.01. The third kappa shape index (κ3) is 1.98. The molecule has 0 amide bonds. The molecule has 0 unspecified atom stereocenters. The van der Waals surface area contributed by atoms with Gasteiger partial charge < -0.3 is 14.6 Å². The van der Waals surface area contributed by atoms with Gasteiger partial charge in [-0.05, 0) is 25.1 Å². The number of benzene rings is 1. The number of anilines is 1. The second kappa shape index (κ2) is 4.20. The third-order valence-corrected chi connectivity index (χ3v) is 3.46. The van der Waals surface area contributed by atoms with E-state index in [2.05, 4.69) is 15.2 Å². The average Bonchev–Trinajstić information content (AvgIpc) is 2.96. The lowest BCUT2D eigenvalue weighted by Gasteiger charge is -2.21. The maximum Gasteiger partial charge on any atom is 0.298 e. The van der Waals surface area contributed by atoms with Crippen molar-refractivity contribution in [2.75, 3.05) is 25.0 Å². The summed E-state index contributed by atoms with van der Waals surface area (Å²) in [6.45, 7) is 2.04. The molecule has 1 N–H and O–H groups in total. The van der Waals surface area contributed by atoms with Gasteiger partial charge in [0.1, 0.15) is 5.52 Å². The first kappa shape index (κ1) is 10.9. The minimum atomic E-state index is 0.457. The Morgan fingerprint density at radius 1 is 1.53 bits per heavy atom. The van der Waals surface area contributed by atoms with Crippen LogP contribution in [0.25, 0.3) is 11.1 Å². The number of hydrogen-bond donors (Lipinski definition) is 1.